The van der Waals surface area contributed by atoms with Crippen LogP contribution in [-0.2, 0) is 0 Å². The summed E-state index contributed by atoms with van der Waals surface area (Å²) in [6, 6.07) is 7.66. The predicted molar refractivity (Wildman–Crippen MR) is 68.7 cm³/mol. The lowest BCUT2D eigenvalue weighted by Gasteiger charge is -2.27. The minimum Gasteiger partial charge on any atom is -0.346 e. The van der Waals surface area contributed by atoms with Crippen LogP contribution in [0, 0.1) is 0 Å². The van der Waals surface area contributed by atoms with Gasteiger partial charge in [0.25, 0.3) is 0 Å². The predicted octanol–water partition coefficient (Wildman–Crippen LogP) is 1.56. The van der Waals surface area contributed by atoms with Crippen molar-refractivity contribution in [3.8, 4) is 0 Å². The number of benzene rings is 1. The molecule has 1 aromatic carbocycles. The molecule has 0 saturated carbocycles. The summed E-state index contributed by atoms with van der Waals surface area (Å²) in [5, 5.41) is 11.4. The molecule has 0 fully saturated rings. The van der Waals surface area contributed by atoms with Crippen molar-refractivity contribution < 1.29 is 0 Å². The van der Waals surface area contributed by atoms with Gasteiger partial charge in [-0.2, -0.15) is 0 Å². The van der Waals surface area contributed by atoms with Crippen LogP contribution in [0.1, 0.15) is 20.3 Å². The van der Waals surface area contributed by atoms with E-state index in [-0.39, 0.29) is 5.54 Å². The van der Waals surface area contributed by atoms with E-state index in [1.54, 1.807) is 0 Å². The first-order chi connectivity index (χ1) is 8.17. The molecule has 0 amide bonds. The van der Waals surface area contributed by atoms with Gasteiger partial charge in [-0.25, -0.2) is 4.98 Å². The number of nitrogens with one attached hydrogen (secondary N) is 1. The van der Waals surface area contributed by atoms with E-state index in [0.717, 1.165) is 17.5 Å². The summed E-state index contributed by atoms with van der Waals surface area (Å²) >= 11 is 0. The number of rotatable bonds is 4. The second kappa shape index (κ2) is 4.63. The van der Waals surface area contributed by atoms with E-state index in [0.29, 0.717) is 12.5 Å². The maximum absolute atomic E-state index is 5.74. The molecule has 1 atom stereocenters. The summed E-state index contributed by atoms with van der Waals surface area (Å²) in [7, 11) is 0. The fraction of sp³-hybridized carbons (Fsp3) is 0.417. The molecule has 0 aliphatic rings. The van der Waals surface area contributed by atoms with Gasteiger partial charge >= 0.3 is 0 Å². The molecule has 1 aromatic heterocycles. The smallest absolute Gasteiger partial charge is 0.243 e. The van der Waals surface area contributed by atoms with E-state index < -0.39 is 0 Å². The SMILES string of the molecule is CCC(C)(CN)Nc1nnc2ccccc2n1. The third-order valence-corrected chi connectivity index (χ3v) is 3.00. The highest BCUT2D eigenvalue weighted by molar-refractivity contribution is 5.74. The molecule has 0 saturated heterocycles. The van der Waals surface area contributed by atoms with E-state index in [1.165, 1.54) is 0 Å². The van der Waals surface area contributed by atoms with Gasteiger partial charge in [0.1, 0.15) is 5.52 Å². The molecular formula is C12H17N5. The zero-order valence-electron chi connectivity index (χ0n) is 10.1. The number of aromatic nitrogens is 3. The molecule has 0 bridgehead atoms. The molecule has 2 aromatic rings. The number of fused-ring (bicyclic) bond motifs is 1. The third kappa shape index (κ3) is 2.50. The van der Waals surface area contributed by atoms with Crippen LogP contribution >= 0.6 is 0 Å². The van der Waals surface area contributed by atoms with E-state index in [4.69, 9.17) is 5.73 Å². The largest absolute Gasteiger partial charge is 0.346 e. The Morgan fingerprint density at radius 3 is 2.59 bits per heavy atom. The Labute approximate surface area is 100 Å². The first kappa shape index (κ1) is 11.7. The van der Waals surface area contributed by atoms with E-state index in [2.05, 4.69) is 27.4 Å². The van der Waals surface area contributed by atoms with Crippen molar-refractivity contribution in [1.82, 2.24) is 15.2 Å². The van der Waals surface area contributed by atoms with Gasteiger partial charge in [-0.3, -0.25) is 0 Å². The Morgan fingerprint density at radius 1 is 1.24 bits per heavy atom. The highest BCUT2D eigenvalue weighted by atomic mass is 15.3. The van der Waals surface area contributed by atoms with Crippen molar-refractivity contribution in [3.63, 3.8) is 0 Å². The van der Waals surface area contributed by atoms with Gasteiger partial charge in [0.05, 0.1) is 5.52 Å². The summed E-state index contributed by atoms with van der Waals surface area (Å²) in [4.78, 5) is 4.42. The molecule has 0 spiro atoms. The highest BCUT2D eigenvalue weighted by Crippen LogP contribution is 2.15. The Hall–Kier alpha value is -1.75. The quantitative estimate of drug-likeness (QED) is 0.835. The highest BCUT2D eigenvalue weighted by Gasteiger charge is 2.20. The molecule has 1 unspecified atom stereocenters. The van der Waals surface area contributed by atoms with Crippen LogP contribution in [-0.4, -0.2) is 27.3 Å². The molecule has 1 heterocycles. The maximum atomic E-state index is 5.74. The number of para-hydroxylation sites is 1. The van der Waals surface area contributed by atoms with Crippen molar-refractivity contribution in [2.45, 2.75) is 25.8 Å². The molecular weight excluding hydrogens is 214 g/mol. The number of nitrogens with two attached hydrogens (primary N) is 1. The average Bonchev–Trinajstić information content (AvgIpc) is 2.38. The van der Waals surface area contributed by atoms with Crippen LogP contribution in [0.4, 0.5) is 5.95 Å². The molecule has 5 nitrogen and oxygen atoms in total. The molecule has 2 rings (SSSR count). The van der Waals surface area contributed by atoms with Crippen LogP contribution in [0.15, 0.2) is 24.3 Å². The van der Waals surface area contributed by atoms with Gasteiger partial charge in [0, 0.05) is 12.1 Å². The van der Waals surface area contributed by atoms with Gasteiger partial charge in [0.2, 0.25) is 5.95 Å². The second-order valence-corrected chi connectivity index (χ2v) is 4.37. The van der Waals surface area contributed by atoms with Gasteiger partial charge in [-0.05, 0) is 25.5 Å². The fourth-order valence-electron chi connectivity index (χ4n) is 1.49. The molecule has 5 heteroatoms. The second-order valence-electron chi connectivity index (χ2n) is 4.37. The fourth-order valence-corrected chi connectivity index (χ4v) is 1.49. The zero-order chi connectivity index (χ0) is 12.3. The molecule has 90 valence electrons. The van der Waals surface area contributed by atoms with E-state index in [1.807, 2.05) is 31.2 Å². The van der Waals surface area contributed by atoms with Crippen LogP contribution in [0.25, 0.3) is 11.0 Å². The Morgan fingerprint density at radius 2 is 1.94 bits per heavy atom. The lowest BCUT2D eigenvalue weighted by molar-refractivity contribution is 0.501. The first-order valence-electron chi connectivity index (χ1n) is 5.74. The Bertz CT molecular complexity index is 507. The van der Waals surface area contributed by atoms with Gasteiger partial charge in [-0.15, -0.1) is 10.2 Å². The monoisotopic (exact) mass is 231 g/mol. The van der Waals surface area contributed by atoms with Crippen molar-refractivity contribution in [2.24, 2.45) is 5.73 Å². The van der Waals surface area contributed by atoms with Gasteiger partial charge in [0.15, 0.2) is 0 Å². The minimum absolute atomic E-state index is 0.190. The summed E-state index contributed by atoms with van der Waals surface area (Å²) in [5.41, 5.74) is 7.18. The normalized spacial score (nSPS) is 14.5. The topological polar surface area (TPSA) is 76.7 Å². The number of nitrogens with zero attached hydrogens (tertiary/aromatic N) is 3. The summed E-state index contributed by atoms with van der Waals surface area (Å²) in [6.07, 6.45) is 0.902. The molecule has 0 aliphatic heterocycles. The summed E-state index contributed by atoms with van der Waals surface area (Å²) in [6.45, 7) is 4.65. The van der Waals surface area contributed by atoms with Crippen molar-refractivity contribution in [3.05, 3.63) is 24.3 Å². The van der Waals surface area contributed by atoms with Crippen molar-refractivity contribution in [2.75, 3.05) is 11.9 Å². The Balaban J connectivity index is 2.31. The lowest BCUT2D eigenvalue weighted by Crippen LogP contribution is -2.42. The van der Waals surface area contributed by atoms with Crippen LogP contribution in [0.2, 0.25) is 0 Å². The van der Waals surface area contributed by atoms with Gasteiger partial charge < -0.3 is 11.1 Å². The number of hydrogen-bond acceptors (Lipinski definition) is 5. The molecule has 17 heavy (non-hydrogen) atoms. The number of anilines is 1. The van der Waals surface area contributed by atoms with Gasteiger partial charge in [-0.1, -0.05) is 19.1 Å². The van der Waals surface area contributed by atoms with Crippen molar-refractivity contribution >= 4 is 17.0 Å². The van der Waals surface area contributed by atoms with Crippen LogP contribution < -0.4 is 11.1 Å². The maximum Gasteiger partial charge on any atom is 0.243 e. The molecule has 3 N–H and O–H groups in total. The lowest BCUT2D eigenvalue weighted by atomic mass is 10.00. The number of hydrogen-bond donors (Lipinski definition) is 2. The van der Waals surface area contributed by atoms with E-state index >= 15 is 0 Å². The summed E-state index contributed by atoms with van der Waals surface area (Å²) in [5.74, 6) is 0.526. The molecule has 0 aliphatic carbocycles. The van der Waals surface area contributed by atoms with Crippen molar-refractivity contribution in [1.29, 1.82) is 0 Å². The standard InChI is InChI=1S/C12H17N5/c1-3-12(2,8-13)15-11-14-9-6-4-5-7-10(9)16-17-11/h4-7H,3,8,13H2,1-2H3,(H,14,15,17). The zero-order valence-corrected chi connectivity index (χ0v) is 10.1. The minimum atomic E-state index is -0.190. The Kier molecular flexibility index (Phi) is 3.19. The third-order valence-electron chi connectivity index (χ3n) is 3.00. The van der Waals surface area contributed by atoms with Crippen LogP contribution in [0.3, 0.4) is 0 Å². The average molecular weight is 231 g/mol. The molecule has 0 radical (unpaired) electrons. The van der Waals surface area contributed by atoms with E-state index in [9.17, 15) is 0 Å². The first-order valence-corrected chi connectivity index (χ1v) is 5.74. The summed E-state index contributed by atoms with van der Waals surface area (Å²) < 4.78 is 0. The van der Waals surface area contributed by atoms with Crippen LogP contribution in [0.5, 0.6) is 0 Å².